The monoisotopic (exact) mass is 289 g/mol. The summed E-state index contributed by atoms with van der Waals surface area (Å²) in [5, 5.41) is 9.78. The Balaban J connectivity index is 2.27. The van der Waals surface area contributed by atoms with E-state index in [1.54, 1.807) is 26.2 Å². The Morgan fingerprint density at radius 1 is 1.25 bits per heavy atom. The molecule has 1 N–H and O–H groups in total. The fourth-order valence-electron chi connectivity index (χ4n) is 1.88. The summed E-state index contributed by atoms with van der Waals surface area (Å²) in [5.74, 6) is 0.218. The van der Waals surface area contributed by atoms with Gasteiger partial charge in [0.25, 0.3) is 0 Å². The number of hydrogen-bond acceptors (Lipinski definition) is 5. The number of aromatic carboxylic acids is 1. The van der Waals surface area contributed by atoms with Crippen LogP contribution < -0.4 is 0 Å². The molecule has 20 heavy (non-hydrogen) atoms. The van der Waals surface area contributed by atoms with Crippen molar-refractivity contribution < 1.29 is 9.90 Å². The minimum Gasteiger partial charge on any atom is -0.478 e. The van der Waals surface area contributed by atoms with Gasteiger partial charge in [-0.1, -0.05) is 6.07 Å². The molecule has 0 atom stereocenters. The molecule has 5 nitrogen and oxygen atoms in total. The maximum atomic E-state index is 11.3. The van der Waals surface area contributed by atoms with Crippen molar-refractivity contribution in [3.05, 3.63) is 46.7 Å². The average Bonchev–Trinajstić information content (AvgIpc) is 2.35. The molecule has 0 saturated heterocycles. The molecule has 2 aromatic heterocycles. The first-order chi connectivity index (χ1) is 9.47. The van der Waals surface area contributed by atoms with Crippen LogP contribution in [-0.4, -0.2) is 26.0 Å². The molecule has 0 bridgehead atoms. The molecule has 2 heterocycles. The Morgan fingerprint density at radius 3 is 2.65 bits per heavy atom. The first kappa shape index (κ1) is 14.5. The van der Waals surface area contributed by atoms with Gasteiger partial charge in [0, 0.05) is 18.1 Å². The number of aromatic nitrogens is 3. The van der Waals surface area contributed by atoms with E-state index in [1.165, 1.54) is 11.8 Å². The van der Waals surface area contributed by atoms with Gasteiger partial charge in [0.05, 0.1) is 5.69 Å². The van der Waals surface area contributed by atoms with E-state index >= 15 is 0 Å². The van der Waals surface area contributed by atoms with Crippen molar-refractivity contribution in [2.75, 3.05) is 0 Å². The maximum absolute atomic E-state index is 11.3. The highest BCUT2D eigenvalue weighted by Gasteiger charge is 2.17. The van der Waals surface area contributed by atoms with Crippen molar-refractivity contribution in [2.24, 2.45) is 0 Å². The quantitative estimate of drug-likeness (QED) is 0.689. The van der Waals surface area contributed by atoms with Gasteiger partial charge in [0.2, 0.25) is 0 Å². The van der Waals surface area contributed by atoms with Crippen molar-refractivity contribution >= 4 is 17.7 Å². The van der Waals surface area contributed by atoms with E-state index in [-0.39, 0.29) is 5.56 Å². The lowest BCUT2D eigenvalue weighted by Crippen LogP contribution is -2.08. The number of pyridine rings is 1. The molecule has 0 aromatic carbocycles. The average molecular weight is 289 g/mol. The highest BCUT2D eigenvalue weighted by molar-refractivity contribution is 7.98. The van der Waals surface area contributed by atoms with Gasteiger partial charge >= 0.3 is 5.97 Å². The molecule has 0 radical (unpaired) electrons. The predicted molar refractivity (Wildman–Crippen MR) is 77.0 cm³/mol. The van der Waals surface area contributed by atoms with Gasteiger partial charge in [0.1, 0.15) is 16.4 Å². The lowest BCUT2D eigenvalue weighted by atomic mass is 10.2. The minimum absolute atomic E-state index is 0.182. The third-order valence-electron chi connectivity index (χ3n) is 2.69. The van der Waals surface area contributed by atoms with Gasteiger partial charge in [-0.2, -0.15) is 0 Å². The van der Waals surface area contributed by atoms with Crippen LogP contribution >= 0.6 is 11.8 Å². The first-order valence-corrected chi connectivity index (χ1v) is 7.08. The normalized spacial score (nSPS) is 10.6. The summed E-state index contributed by atoms with van der Waals surface area (Å²) in [7, 11) is 0. The number of rotatable bonds is 4. The molecule has 0 fully saturated rings. The molecule has 0 aliphatic carbocycles. The van der Waals surface area contributed by atoms with Gasteiger partial charge in [-0.25, -0.2) is 14.8 Å². The van der Waals surface area contributed by atoms with Crippen LogP contribution in [0.3, 0.4) is 0 Å². The smallest absolute Gasteiger partial charge is 0.340 e. The largest absolute Gasteiger partial charge is 0.478 e. The Labute approximate surface area is 121 Å². The Morgan fingerprint density at radius 2 is 2.00 bits per heavy atom. The van der Waals surface area contributed by atoms with Crippen molar-refractivity contribution in [3.63, 3.8) is 0 Å². The summed E-state index contributed by atoms with van der Waals surface area (Å²) in [6, 6.07) is 2.03. The molecule has 104 valence electrons. The summed E-state index contributed by atoms with van der Waals surface area (Å²) < 4.78 is 0. The van der Waals surface area contributed by atoms with Crippen molar-refractivity contribution in [2.45, 2.75) is 31.6 Å². The van der Waals surface area contributed by atoms with E-state index in [0.717, 1.165) is 11.1 Å². The molecule has 2 aromatic rings. The van der Waals surface area contributed by atoms with E-state index in [0.29, 0.717) is 22.3 Å². The zero-order valence-electron chi connectivity index (χ0n) is 11.5. The van der Waals surface area contributed by atoms with E-state index in [9.17, 15) is 9.90 Å². The Hall–Kier alpha value is -1.95. The number of carboxylic acids is 1. The molecule has 2 rings (SSSR count). The van der Waals surface area contributed by atoms with Crippen molar-refractivity contribution in [1.29, 1.82) is 0 Å². The number of thioether (sulfide) groups is 1. The van der Waals surface area contributed by atoms with Crippen LogP contribution in [0.1, 0.15) is 33.0 Å². The number of carbonyl (C=O) groups is 1. The highest BCUT2D eigenvalue weighted by atomic mass is 32.2. The zero-order chi connectivity index (χ0) is 14.7. The van der Waals surface area contributed by atoms with Gasteiger partial charge in [-0.05, 0) is 31.9 Å². The first-order valence-electron chi connectivity index (χ1n) is 6.09. The van der Waals surface area contributed by atoms with Crippen LogP contribution in [0.2, 0.25) is 0 Å². The molecule has 0 spiro atoms. The predicted octanol–water partition coefficient (Wildman–Crippen LogP) is 2.79. The zero-order valence-corrected chi connectivity index (χ0v) is 12.4. The molecule has 0 saturated carbocycles. The lowest BCUT2D eigenvalue weighted by Gasteiger charge is -2.08. The second kappa shape index (κ2) is 6.00. The van der Waals surface area contributed by atoms with Gasteiger partial charge in [0.15, 0.2) is 0 Å². The molecule has 0 aliphatic heterocycles. The number of nitrogens with zero attached hydrogens (tertiary/aromatic N) is 3. The number of aryl methyl sites for hydroxylation is 3. The molecular formula is C14H15N3O2S. The topological polar surface area (TPSA) is 76.0 Å². The van der Waals surface area contributed by atoms with E-state index in [2.05, 4.69) is 15.0 Å². The maximum Gasteiger partial charge on any atom is 0.340 e. The SMILES string of the molecule is Cc1cncc(CSc2nc(C)nc(C)c2C(=O)O)c1. The van der Waals surface area contributed by atoms with E-state index in [4.69, 9.17) is 0 Å². The number of hydrogen-bond donors (Lipinski definition) is 1. The third kappa shape index (κ3) is 3.33. The van der Waals surface area contributed by atoms with Gasteiger partial charge in [-0.3, -0.25) is 4.98 Å². The van der Waals surface area contributed by atoms with E-state index < -0.39 is 5.97 Å². The van der Waals surface area contributed by atoms with Crippen LogP contribution in [0.4, 0.5) is 0 Å². The summed E-state index contributed by atoms with van der Waals surface area (Å²) in [6.07, 6.45) is 3.57. The molecule has 0 aliphatic rings. The van der Waals surface area contributed by atoms with Crippen LogP contribution in [0, 0.1) is 20.8 Å². The Kier molecular flexibility index (Phi) is 4.34. The second-order valence-corrected chi connectivity index (χ2v) is 5.46. The number of carboxylic acid groups (broad SMARTS) is 1. The van der Waals surface area contributed by atoms with Gasteiger partial charge in [-0.15, -0.1) is 11.8 Å². The highest BCUT2D eigenvalue weighted by Crippen LogP contribution is 2.26. The third-order valence-corrected chi connectivity index (χ3v) is 3.74. The Bertz CT molecular complexity index is 659. The van der Waals surface area contributed by atoms with E-state index in [1.807, 2.05) is 13.0 Å². The molecule has 0 unspecified atom stereocenters. The van der Waals surface area contributed by atoms with Crippen LogP contribution in [0.5, 0.6) is 0 Å². The van der Waals surface area contributed by atoms with Gasteiger partial charge < -0.3 is 5.11 Å². The molecule has 6 heteroatoms. The van der Waals surface area contributed by atoms with Crippen molar-refractivity contribution in [3.8, 4) is 0 Å². The summed E-state index contributed by atoms with van der Waals surface area (Å²) >= 11 is 1.39. The molecule has 0 amide bonds. The fourth-order valence-corrected chi connectivity index (χ4v) is 2.92. The van der Waals surface area contributed by atoms with Crippen LogP contribution in [-0.2, 0) is 5.75 Å². The minimum atomic E-state index is -0.993. The molecular weight excluding hydrogens is 274 g/mol. The fraction of sp³-hybridized carbons (Fsp3) is 0.286. The second-order valence-electron chi connectivity index (χ2n) is 4.50. The lowest BCUT2D eigenvalue weighted by molar-refractivity contribution is 0.0690. The van der Waals surface area contributed by atoms with Crippen LogP contribution in [0.25, 0.3) is 0 Å². The van der Waals surface area contributed by atoms with Crippen LogP contribution in [0.15, 0.2) is 23.5 Å². The van der Waals surface area contributed by atoms with Crippen molar-refractivity contribution in [1.82, 2.24) is 15.0 Å². The standard InChI is InChI=1S/C14H15N3O2S/c1-8-4-11(6-15-5-8)7-20-13-12(14(18)19)9(2)16-10(3)17-13/h4-6H,7H2,1-3H3,(H,18,19). The summed E-state index contributed by atoms with van der Waals surface area (Å²) in [5.41, 5.74) is 2.80. The summed E-state index contributed by atoms with van der Waals surface area (Å²) in [6.45, 7) is 5.43. The summed E-state index contributed by atoms with van der Waals surface area (Å²) in [4.78, 5) is 23.8.